The fraction of sp³-hybridized carbons (Fsp3) is 0.182. The summed E-state index contributed by atoms with van der Waals surface area (Å²) in [6, 6.07) is 14.3. The smallest absolute Gasteiger partial charge is 0.253 e. The van der Waals surface area contributed by atoms with Crippen LogP contribution in [0, 0.1) is 0 Å². The van der Waals surface area contributed by atoms with Crippen molar-refractivity contribution in [1.29, 1.82) is 0 Å². The standard InChI is InChI=1S/C22H21BrN2O5/c1-27-18-9-14(10-19(28-2)21(18)29-3)12-25-22(26)15-7-8-20(24-13-15)30-17-6-4-5-16(23)11-17/h4-11,13H,12H2,1-3H3,(H,25,26). The van der Waals surface area contributed by atoms with Crippen molar-refractivity contribution in [2.75, 3.05) is 21.3 Å². The van der Waals surface area contributed by atoms with Gasteiger partial charge in [-0.15, -0.1) is 0 Å². The van der Waals surface area contributed by atoms with Gasteiger partial charge >= 0.3 is 0 Å². The Balaban J connectivity index is 1.65. The van der Waals surface area contributed by atoms with Crippen LogP contribution in [0.1, 0.15) is 15.9 Å². The topological polar surface area (TPSA) is 78.9 Å². The molecule has 1 aromatic heterocycles. The summed E-state index contributed by atoms with van der Waals surface area (Å²) in [5.74, 6) is 2.34. The lowest BCUT2D eigenvalue weighted by Crippen LogP contribution is -2.23. The Kier molecular flexibility index (Phi) is 7.13. The molecule has 0 saturated carbocycles. The van der Waals surface area contributed by atoms with Crippen molar-refractivity contribution in [3.8, 4) is 28.9 Å². The van der Waals surface area contributed by atoms with Crippen LogP contribution in [-0.4, -0.2) is 32.2 Å². The van der Waals surface area contributed by atoms with Crippen molar-refractivity contribution in [2.24, 2.45) is 0 Å². The molecule has 0 radical (unpaired) electrons. The zero-order valence-electron chi connectivity index (χ0n) is 16.8. The van der Waals surface area contributed by atoms with Gasteiger partial charge in [0.25, 0.3) is 5.91 Å². The number of methoxy groups -OCH3 is 3. The van der Waals surface area contributed by atoms with E-state index in [0.717, 1.165) is 10.0 Å². The number of halogens is 1. The summed E-state index contributed by atoms with van der Waals surface area (Å²) in [6.45, 7) is 0.284. The molecule has 0 atom stereocenters. The van der Waals surface area contributed by atoms with Crippen LogP contribution >= 0.6 is 15.9 Å². The monoisotopic (exact) mass is 472 g/mol. The average molecular weight is 473 g/mol. The van der Waals surface area contributed by atoms with Crippen LogP contribution in [0.15, 0.2) is 59.2 Å². The summed E-state index contributed by atoms with van der Waals surface area (Å²) in [5, 5.41) is 2.85. The van der Waals surface area contributed by atoms with E-state index in [1.54, 1.807) is 45.6 Å². The highest BCUT2D eigenvalue weighted by molar-refractivity contribution is 9.10. The number of nitrogens with one attached hydrogen (secondary N) is 1. The van der Waals surface area contributed by atoms with Gasteiger partial charge in [-0.2, -0.15) is 0 Å². The largest absolute Gasteiger partial charge is 0.493 e. The normalized spacial score (nSPS) is 10.3. The molecule has 0 aliphatic carbocycles. The lowest BCUT2D eigenvalue weighted by Gasteiger charge is -2.14. The van der Waals surface area contributed by atoms with Gasteiger partial charge in [-0.3, -0.25) is 4.79 Å². The summed E-state index contributed by atoms with van der Waals surface area (Å²) >= 11 is 3.39. The molecule has 0 aliphatic rings. The van der Waals surface area contributed by atoms with Gasteiger partial charge in [0.15, 0.2) is 11.5 Å². The molecule has 0 spiro atoms. The zero-order valence-corrected chi connectivity index (χ0v) is 18.4. The van der Waals surface area contributed by atoms with E-state index in [0.29, 0.717) is 34.4 Å². The Morgan fingerprint density at radius 1 is 1.00 bits per heavy atom. The Labute approximate surface area is 183 Å². The third-order valence-corrected chi connectivity index (χ3v) is 4.69. The number of carbonyl (C=O) groups is 1. The van der Waals surface area contributed by atoms with Crippen LogP contribution in [0.2, 0.25) is 0 Å². The van der Waals surface area contributed by atoms with Gasteiger partial charge in [0, 0.05) is 23.3 Å². The maximum absolute atomic E-state index is 12.5. The summed E-state index contributed by atoms with van der Waals surface area (Å²) in [6.07, 6.45) is 1.47. The first-order chi connectivity index (χ1) is 14.5. The first-order valence-corrected chi connectivity index (χ1v) is 9.80. The number of rotatable bonds is 8. The Morgan fingerprint density at radius 2 is 1.73 bits per heavy atom. The van der Waals surface area contributed by atoms with Gasteiger partial charge in [-0.1, -0.05) is 22.0 Å². The highest BCUT2D eigenvalue weighted by Gasteiger charge is 2.14. The molecule has 0 fully saturated rings. The number of aromatic nitrogens is 1. The molecule has 156 valence electrons. The number of hydrogen-bond acceptors (Lipinski definition) is 6. The van der Waals surface area contributed by atoms with Gasteiger partial charge in [0.1, 0.15) is 5.75 Å². The second-order valence-corrected chi connectivity index (χ2v) is 7.08. The summed E-state index contributed by atoms with van der Waals surface area (Å²) in [7, 11) is 4.63. The number of pyridine rings is 1. The molecule has 3 rings (SSSR count). The van der Waals surface area contributed by atoms with E-state index in [9.17, 15) is 4.79 Å². The molecule has 7 nitrogen and oxygen atoms in total. The highest BCUT2D eigenvalue weighted by atomic mass is 79.9. The third-order valence-electron chi connectivity index (χ3n) is 4.19. The van der Waals surface area contributed by atoms with Gasteiger partial charge in [-0.25, -0.2) is 4.98 Å². The molecule has 1 amide bonds. The third kappa shape index (κ3) is 5.21. The SMILES string of the molecule is COc1cc(CNC(=O)c2ccc(Oc3cccc(Br)c3)nc2)cc(OC)c1OC. The van der Waals surface area contributed by atoms with Crippen molar-refractivity contribution >= 4 is 21.8 Å². The lowest BCUT2D eigenvalue weighted by atomic mass is 10.1. The summed E-state index contributed by atoms with van der Waals surface area (Å²) < 4.78 is 22.6. The minimum atomic E-state index is -0.259. The van der Waals surface area contributed by atoms with Crippen LogP contribution in [0.25, 0.3) is 0 Å². The van der Waals surface area contributed by atoms with E-state index in [-0.39, 0.29) is 12.5 Å². The fourth-order valence-corrected chi connectivity index (χ4v) is 3.13. The number of hydrogen-bond donors (Lipinski definition) is 1. The van der Waals surface area contributed by atoms with Crippen LogP contribution in [0.5, 0.6) is 28.9 Å². The predicted molar refractivity (Wildman–Crippen MR) is 116 cm³/mol. The second-order valence-electron chi connectivity index (χ2n) is 6.16. The maximum Gasteiger partial charge on any atom is 0.253 e. The van der Waals surface area contributed by atoms with Gasteiger partial charge < -0.3 is 24.3 Å². The van der Waals surface area contributed by atoms with Gasteiger partial charge in [0.05, 0.1) is 26.9 Å². The minimum absolute atomic E-state index is 0.259. The lowest BCUT2D eigenvalue weighted by molar-refractivity contribution is 0.0950. The average Bonchev–Trinajstić information content (AvgIpc) is 2.77. The van der Waals surface area contributed by atoms with Crippen molar-refractivity contribution in [2.45, 2.75) is 6.54 Å². The van der Waals surface area contributed by atoms with Crippen molar-refractivity contribution in [3.05, 3.63) is 70.3 Å². The van der Waals surface area contributed by atoms with Crippen LogP contribution in [0.4, 0.5) is 0 Å². The maximum atomic E-state index is 12.5. The fourth-order valence-electron chi connectivity index (χ4n) is 2.75. The molecular formula is C22H21BrN2O5. The molecule has 0 unspecified atom stereocenters. The van der Waals surface area contributed by atoms with E-state index in [2.05, 4.69) is 26.2 Å². The minimum Gasteiger partial charge on any atom is -0.493 e. The first-order valence-electron chi connectivity index (χ1n) is 9.00. The molecular weight excluding hydrogens is 452 g/mol. The van der Waals surface area contributed by atoms with E-state index >= 15 is 0 Å². The van der Waals surface area contributed by atoms with Crippen molar-refractivity contribution in [1.82, 2.24) is 10.3 Å². The van der Waals surface area contributed by atoms with Crippen LogP contribution in [0.3, 0.4) is 0 Å². The van der Waals surface area contributed by atoms with Crippen molar-refractivity contribution < 1.29 is 23.7 Å². The number of nitrogens with zero attached hydrogens (tertiary/aromatic N) is 1. The zero-order chi connectivity index (χ0) is 21.5. The quantitative estimate of drug-likeness (QED) is 0.516. The molecule has 30 heavy (non-hydrogen) atoms. The Hall–Kier alpha value is -3.26. The number of amides is 1. The van der Waals surface area contributed by atoms with E-state index in [1.165, 1.54) is 6.20 Å². The van der Waals surface area contributed by atoms with E-state index < -0.39 is 0 Å². The molecule has 0 aliphatic heterocycles. The van der Waals surface area contributed by atoms with Crippen LogP contribution in [-0.2, 0) is 6.54 Å². The molecule has 1 heterocycles. The Morgan fingerprint density at radius 3 is 2.30 bits per heavy atom. The first kappa shape index (κ1) is 21.4. The molecule has 1 N–H and O–H groups in total. The predicted octanol–water partition coefficient (Wildman–Crippen LogP) is 4.59. The number of benzene rings is 2. The molecule has 3 aromatic rings. The van der Waals surface area contributed by atoms with Gasteiger partial charge in [-0.05, 0) is 42.0 Å². The molecule has 0 saturated heterocycles. The number of ether oxygens (including phenoxy) is 4. The van der Waals surface area contributed by atoms with E-state index in [1.807, 2.05) is 24.3 Å². The number of carbonyl (C=O) groups excluding carboxylic acids is 1. The molecule has 2 aromatic carbocycles. The van der Waals surface area contributed by atoms with Gasteiger partial charge in [0.2, 0.25) is 11.6 Å². The van der Waals surface area contributed by atoms with Crippen LogP contribution < -0.4 is 24.3 Å². The second kappa shape index (κ2) is 9.98. The van der Waals surface area contributed by atoms with Crippen molar-refractivity contribution in [3.63, 3.8) is 0 Å². The Bertz CT molecular complexity index is 999. The molecule has 0 bridgehead atoms. The summed E-state index contributed by atoms with van der Waals surface area (Å²) in [5.41, 5.74) is 1.23. The summed E-state index contributed by atoms with van der Waals surface area (Å²) in [4.78, 5) is 16.7. The molecule has 8 heteroatoms. The highest BCUT2D eigenvalue weighted by Crippen LogP contribution is 2.38. The van der Waals surface area contributed by atoms with E-state index in [4.69, 9.17) is 18.9 Å².